The first-order valence-electron chi connectivity index (χ1n) is 10.8. The highest BCUT2D eigenvalue weighted by Crippen LogP contribution is 2.40. The molecule has 0 aliphatic carbocycles. The van der Waals surface area contributed by atoms with E-state index in [1.54, 1.807) is 36.4 Å². The van der Waals surface area contributed by atoms with Crippen molar-refractivity contribution < 1.29 is 31.8 Å². The van der Waals surface area contributed by atoms with E-state index in [2.05, 4.69) is 10.2 Å². The number of hydrogen-bond acceptors (Lipinski definition) is 9. The molecule has 11 heteroatoms. The molecule has 0 radical (unpaired) electrons. The Morgan fingerprint density at radius 3 is 2.15 bits per heavy atom. The van der Waals surface area contributed by atoms with E-state index < -0.39 is 10.0 Å². The number of nitrogens with zero attached hydrogens (tertiary/aromatic N) is 3. The molecule has 0 spiro atoms. The van der Waals surface area contributed by atoms with Crippen molar-refractivity contribution in [2.45, 2.75) is 30.8 Å². The van der Waals surface area contributed by atoms with Gasteiger partial charge in [0.2, 0.25) is 21.7 Å². The van der Waals surface area contributed by atoms with Gasteiger partial charge in [-0.2, -0.15) is 4.31 Å². The van der Waals surface area contributed by atoms with E-state index in [4.69, 9.17) is 23.4 Å². The first-order chi connectivity index (χ1) is 16.5. The van der Waals surface area contributed by atoms with Gasteiger partial charge < -0.3 is 23.4 Å². The van der Waals surface area contributed by atoms with E-state index in [9.17, 15) is 8.42 Å². The summed E-state index contributed by atoms with van der Waals surface area (Å²) < 4.78 is 54.6. The highest BCUT2D eigenvalue weighted by molar-refractivity contribution is 7.89. The predicted molar refractivity (Wildman–Crippen MR) is 123 cm³/mol. The highest BCUT2D eigenvalue weighted by atomic mass is 32.2. The van der Waals surface area contributed by atoms with Gasteiger partial charge in [-0.05, 0) is 49.2 Å². The zero-order valence-electron chi connectivity index (χ0n) is 19.3. The fraction of sp³-hybridized carbons (Fsp3) is 0.391. The van der Waals surface area contributed by atoms with Crippen molar-refractivity contribution in [1.82, 2.24) is 14.5 Å². The second-order valence-electron chi connectivity index (χ2n) is 7.64. The quantitative estimate of drug-likeness (QED) is 0.445. The maximum absolute atomic E-state index is 12.8. The number of ether oxygens (including phenoxy) is 4. The zero-order valence-corrected chi connectivity index (χ0v) is 20.1. The molecule has 0 N–H and O–H groups in total. The standard InChI is InChI=1S/C23H27N3O7S/c1-29-19-13-16(14-20(30-2)22(19)31-3)23-25-24-21(33-23)15-32-17-7-9-18(10-8-17)34(27,28)26-11-5-4-6-12-26/h7-10,13-14H,4-6,11-12,15H2,1-3H3. The maximum atomic E-state index is 12.8. The van der Waals surface area contributed by atoms with Gasteiger partial charge in [-0.1, -0.05) is 6.42 Å². The van der Waals surface area contributed by atoms with Crippen LogP contribution in [-0.2, 0) is 16.6 Å². The first-order valence-corrected chi connectivity index (χ1v) is 12.3. The Balaban J connectivity index is 1.43. The van der Waals surface area contributed by atoms with Crippen LogP contribution in [0.1, 0.15) is 25.2 Å². The molecule has 4 rings (SSSR count). The van der Waals surface area contributed by atoms with Crippen molar-refractivity contribution in [1.29, 1.82) is 0 Å². The molecule has 3 aromatic rings. The van der Waals surface area contributed by atoms with Gasteiger partial charge in [0.05, 0.1) is 26.2 Å². The van der Waals surface area contributed by atoms with Crippen molar-refractivity contribution in [2.24, 2.45) is 0 Å². The van der Waals surface area contributed by atoms with E-state index in [0.717, 1.165) is 19.3 Å². The molecule has 34 heavy (non-hydrogen) atoms. The van der Waals surface area contributed by atoms with Crippen molar-refractivity contribution in [3.05, 3.63) is 42.3 Å². The largest absolute Gasteiger partial charge is 0.493 e. The summed E-state index contributed by atoms with van der Waals surface area (Å²) in [6.45, 7) is 1.15. The Kier molecular flexibility index (Phi) is 7.23. The number of hydrogen-bond donors (Lipinski definition) is 0. The Morgan fingerprint density at radius 2 is 1.56 bits per heavy atom. The van der Waals surface area contributed by atoms with Gasteiger partial charge in [0.25, 0.3) is 5.89 Å². The fourth-order valence-corrected chi connectivity index (χ4v) is 5.26. The molecule has 0 atom stereocenters. The number of methoxy groups -OCH3 is 3. The summed E-state index contributed by atoms with van der Waals surface area (Å²) in [6, 6.07) is 9.76. The van der Waals surface area contributed by atoms with E-state index in [1.807, 2.05) is 0 Å². The normalized spacial score (nSPS) is 14.6. The van der Waals surface area contributed by atoms with Crippen molar-refractivity contribution >= 4 is 10.0 Å². The minimum atomic E-state index is -3.48. The molecule has 0 unspecified atom stereocenters. The maximum Gasteiger partial charge on any atom is 0.254 e. The lowest BCUT2D eigenvalue weighted by Gasteiger charge is -2.25. The summed E-state index contributed by atoms with van der Waals surface area (Å²) >= 11 is 0. The number of rotatable bonds is 9. The summed E-state index contributed by atoms with van der Waals surface area (Å²) in [5, 5.41) is 8.09. The molecule has 0 amide bonds. The van der Waals surface area contributed by atoms with Crippen LogP contribution in [0.2, 0.25) is 0 Å². The number of aromatic nitrogens is 2. The van der Waals surface area contributed by atoms with Crippen LogP contribution in [0.15, 0.2) is 45.7 Å². The lowest BCUT2D eigenvalue weighted by atomic mass is 10.2. The second-order valence-corrected chi connectivity index (χ2v) is 9.58. The van der Waals surface area contributed by atoms with Gasteiger partial charge in [0, 0.05) is 18.7 Å². The minimum absolute atomic E-state index is 0.0235. The summed E-state index contributed by atoms with van der Waals surface area (Å²) in [4.78, 5) is 0.254. The second kappa shape index (κ2) is 10.3. The Bertz CT molecular complexity index is 1190. The average molecular weight is 490 g/mol. The molecule has 10 nitrogen and oxygen atoms in total. The SMILES string of the molecule is COc1cc(-c2nnc(COc3ccc(S(=O)(=O)N4CCCCC4)cc3)o2)cc(OC)c1OC. The molecular weight excluding hydrogens is 462 g/mol. The highest BCUT2D eigenvalue weighted by Gasteiger charge is 2.25. The Hall–Kier alpha value is -3.31. The molecule has 0 saturated carbocycles. The molecule has 182 valence electrons. The van der Waals surface area contributed by atoms with Gasteiger partial charge in [-0.3, -0.25) is 0 Å². The smallest absolute Gasteiger partial charge is 0.254 e. The molecule has 2 heterocycles. The van der Waals surface area contributed by atoms with Gasteiger partial charge in [0.1, 0.15) is 5.75 Å². The third-order valence-electron chi connectivity index (χ3n) is 5.52. The van der Waals surface area contributed by atoms with Crippen LogP contribution >= 0.6 is 0 Å². The molecule has 1 aliphatic heterocycles. The van der Waals surface area contributed by atoms with Gasteiger partial charge in [0.15, 0.2) is 18.1 Å². The van der Waals surface area contributed by atoms with Crippen molar-refractivity contribution in [3.8, 4) is 34.5 Å². The average Bonchev–Trinajstić information content (AvgIpc) is 3.36. The van der Waals surface area contributed by atoms with E-state index in [0.29, 0.717) is 41.7 Å². The lowest BCUT2D eigenvalue weighted by Crippen LogP contribution is -2.35. The Labute approximate surface area is 198 Å². The summed E-state index contributed by atoms with van der Waals surface area (Å²) in [6.07, 6.45) is 2.85. The molecule has 0 bridgehead atoms. The van der Waals surface area contributed by atoms with Crippen LogP contribution in [-0.4, -0.2) is 57.3 Å². The molecule has 2 aromatic carbocycles. The van der Waals surface area contributed by atoms with Crippen molar-refractivity contribution in [3.63, 3.8) is 0 Å². The monoisotopic (exact) mass is 489 g/mol. The number of benzene rings is 2. The van der Waals surface area contributed by atoms with E-state index in [1.165, 1.54) is 25.6 Å². The van der Waals surface area contributed by atoms with E-state index in [-0.39, 0.29) is 23.3 Å². The van der Waals surface area contributed by atoms with Gasteiger partial charge in [-0.15, -0.1) is 10.2 Å². The third-order valence-corrected chi connectivity index (χ3v) is 7.43. The van der Waals surface area contributed by atoms with Crippen LogP contribution in [0, 0.1) is 0 Å². The van der Waals surface area contributed by atoms with Crippen LogP contribution in [0.3, 0.4) is 0 Å². The molecule has 1 fully saturated rings. The summed E-state index contributed by atoms with van der Waals surface area (Å²) in [5.41, 5.74) is 0.598. The van der Waals surface area contributed by atoms with E-state index >= 15 is 0 Å². The number of piperidine rings is 1. The topological polar surface area (TPSA) is 113 Å². The molecule has 1 aliphatic rings. The van der Waals surface area contributed by atoms with Crippen LogP contribution in [0.4, 0.5) is 0 Å². The summed E-state index contributed by atoms with van der Waals surface area (Å²) in [5.74, 6) is 2.40. The molecule has 1 aromatic heterocycles. The molecular formula is C23H27N3O7S. The van der Waals surface area contributed by atoms with Crippen LogP contribution in [0.25, 0.3) is 11.5 Å². The van der Waals surface area contributed by atoms with Crippen LogP contribution in [0.5, 0.6) is 23.0 Å². The first kappa shape index (κ1) is 23.8. The van der Waals surface area contributed by atoms with Crippen molar-refractivity contribution in [2.75, 3.05) is 34.4 Å². The van der Waals surface area contributed by atoms with Gasteiger partial charge >= 0.3 is 0 Å². The summed E-state index contributed by atoms with van der Waals surface area (Å²) in [7, 11) is 1.09. The molecule has 1 saturated heterocycles. The fourth-order valence-electron chi connectivity index (χ4n) is 3.74. The lowest BCUT2D eigenvalue weighted by molar-refractivity contribution is 0.264. The van der Waals surface area contributed by atoms with Crippen LogP contribution < -0.4 is 18.9 Å². The predicted octanol–water partition coefficient (Wildman–Crippen LogP) is 3.52. The third kappa shape index (κ3) is 4.95. The van der Waals surface area contributed by atoms with Gasteiger partial charge in [-0.25, -0.2) is 8.42 Å². The zero-order chi connectivity index (χ0) is 24.1. The Morgan fingerprint density at radius 1 is 0.912 bits per heavy atom. The minimum Gasteiger partial charge on any atom is -0.493 e. The number of sulfonamides is 1.